The van der Waals surface area contributed by atoms with Gasteiger partial charge in [0.2, 0.25) is 0 Å². The zero-order valence-corrected chi connectivity index (χ0v) is 9.94. The molecule has 0 unspecified atom stereocenters. The molecule has 3 heteroatoms. The predicted molar refractivity (Wildman–Crippen MR) is 63.4 cm³/mol. The van der Waals surface area contributed by atoms with Crippen LogP contribution in [-0.2, 0) is 11.3 Å². The maximum absolute atomic E-state index is 9.23. The van der Waals surface area contributed by atoms with E-state index in [1.807, 2.05) is 12.1 Å². The summed E-state index contributed by atoms with van der Waals surface area (Å²) in [4.78, 5) is 2.42. The molecule has 1 N–H and O–H groups in total. The second-order valence-corrected chi connectivity index (χ2v) is 4.95. The summed E-state index contributed by atoms with van der Waals surface area (Å²) in [6, 6.07) is 7.42. The Bertz CT molecular complexity index is 345. The van der Waals surface area contributed by atoms with Crippen LogP contribution in [0.25, 0.3) is 0 Å². The van der Waals surface area contributed by atoms with Crippen molar-refractivity contribution in [2.24, 2.45) is 0 Å². The van der Waals surface area contributed by atoms with Gasteiger partial charge in [0.15, 0.2) is 0 Å². The Morgan fingerprint density at radius 3 is 2.62 bits per heavy atom. The van der Waals surface area contributed by atoms with Gasteiger partial charge < -0.3 is 9.84 Å². The SMILES string of the molecule is CC1(C)COCCN1Cc1ccc(O)cc1. The molecule has 0 saturated carbocycles. The van der Waals surface area contributed by atoms with E-state index in [1.54, 1.807) is 12.1 Å². The Labute approximate surface area is 96.6 Å². The number of rotatable bonds is 2. The average Bonchev–Trinajstić information content (AvgIpc) is 2.24. The van der Waals surface area contributed by atoms with Gasteiger partial charge >= 0.3 is 0 Å². The van der Waals surface area contributed by atoms with Crippen LogP contribution in [0.5, 0.6) is 5.75 Å². The summed E-state index contributed by atoms with van der Waals surface area (Å²) in [6.45, 7) is 7.87. The molecule has 1 aliphatic heterocycles. The fourth-order valence-electron chi connectivity index (χ4n) is 2.01. The molecule has 0 amide bonds. The van der Waals surface area contributed by atoms with Gasteiger partial charge in [0.05, 0.1) is 13.2 Å². The fourth-order valence-corrected chi connectivity index (χ4v) is 2.01. The highest BCUT2D eigenvalue weighted by atomic mass is 16.5. The third kappa shape index (κ3) is 2.54. The zero-order valence-electron chi connectivity index (χ0n) is 9.94. The molecule has 88 valence electrons. The van der Waals surface area contributed by atoms with E-state index in [-0.39, 0.29) is 5.54 Å². The molecule has 0 spiro atoms. The molecule has 1 aliphatic rings. The molecular weight excluding hydrogens is 202 g/mol. The normalized spacial score (nSPS) is 20.9. The highest BCUT2D eigenvalue weighted by Crippen LogP contribution is 2.22. The lowest BCUT2D eigenvalue weighted by Crippen LogP contribution is -2.52. The summed E-state index contributed by atoms with van der Waals surface area (Å²) in [5.41, 5.74) is 1.32. The molecule has 0 aromatic heterocycles. The van der Waals surface area contributed by atoms with Crippen LogP contribution >= 0.6 is 0 Å². The lowest BCUT2D eigenvalue weighted by Gasteiger charge is -2.42. The van der Waals surface area contributed by atoms with Crippen molar-refractivity contribution in [2.75, 3.05) is 19.8 Å². The number of hydrogen-bond acceptors (Lipinski definition) is 3. The molecule has 0 radical (unpaired) electrons. The number of benzene rings is 1. The van der Waals surface area contributed by atoms with Crippen LogP contribution in [0.1, 0.15) is 19.4 Å². The highest BCUT2D eigenvalue weighted by Gasteiger charge is 2.30. The first kappa shape index (κ1) is 11.4. The molecule has 1 aromatic rings. The molecule has 0 bridgehead atoms. The summed E-state index contributed by atoms with van der Waals surface area (Å²) in [6.07, 6.45) is 0. The average molecular weight is 221 g/mol. The van der Waals surface area contributed by atoms with Crippen molar-refractivity contribution in [3.63, 3.8) is 0 Å². The van der Waals surface area contributed by atoms with Crippen molar-refractivity contribution in [1.82, 2.24) is 4.90 Å². The Kier molecular flexibility index (Phi) is 3.17. The Hall–Kier alpha value is -1.06. The van der Waals surface area contributed by atoms with Gasteiger partial charge in [-0.15, -0.1) is 0 Å². The molecule has 1 aromatic carbocycles. The minimum absolute atomic E-state index is 0.0934. The van der Waals surface area contributed by atoms with E-state index in [2.05, 4.69) is 18.7 Å². The van der Waals surface area contributed by atoms with Gasteiger partial charge in [-0.25, -0.2) is 0 Å². The Morgan fingerprint density at radius 2 is 2.00 bits per heavy atom. The molecule has 1 heterocycles. The summed E-state index contributed by atoms with van der Waals surface area (Å²) >= 11 is 0. The van der Waals surface area contributed by atoms with Crippen molar-refractivity contribution >= 4 is 0 Å². The molecule has 0 aliphatic carbocycles. The van der Waals surface area contributed by atoms with Crippen LogP contribution < -0.4 is 0 Å². The highest BCUT2D eigenvalue weighted by molar-refractivity contribution is 5.25. The summed E-state index contributed by atoms with van der Waals surface area (Å²) < 4.78 is 5.49. The monoisotopic (exact) mass is 221 g/mol. The maximum Gasteiger partial charge on any atom is 0.115 e. The number of nitrogens with zero attached hydrogens (tertiary/aromatic N) is 1. The first-order valence-corrected chi connectivity index (χ1v) is 5.69. The van der Waals surface area contributed by atoms with E-state index in [4.69, 9.17) is 4.74 Å². The summed E-state index contributed by atoms with van der Waals surface area (Å²) in [5.74, 6) is 0.324. The Balaban J connectivity index is 2.05. The van der Waals surface area contributed by atoms with Crippen LogP contribution in [0, 0.1) is 0 Å². The quantitative estimate of drug-likeness (QED) is 0.829. The maximum atomic E-state index is 9.23. The number of phenols is 1. The summed E-state index contributed by atoms with van der Waals surface area (Å²) in [7, 11) is 0. The van der Waals surface area contributed by atoms with E-state index in [0.29, 0.717) is 5.75 Å². The largest absolute Gasteiger partial charge is 0.508 e. The minimum atomic E-state index is 0.0934. The molecule has 0 atom stereocenters. The third-order valence-corrected chi connectivity index (χ3v) is 3.13. The van der Waals surface area contributed by atoms with Crippen LogP contribution in [0.3, 0.4) is 0 Å². The van der Waals surface area contributed by atoms with Crippen molar-refractivity contribution in [3.05, 3.63) is 29.8 Å². The summed E-state index contributed by atoms with van der Waals surface area (Å²) in [5, 5.41) is 9.23. The first-order chi connectivity index (χ1) is 7.58. The van der Waals surface area contributed by atoms with Gasteiger partial charge in [-0.3, -0.25) is 4.90 Å². The van der Waals surface area contributed by atoms with Crippen LogP contribution in [0.15, 0.2) is 24.3 Å². The van der Waals surface area contributed by atoms with E-state index in [0.717, 1.165) is 26.3 Å². The number of phenolic OH excluding ortho intramolecular Hbond substituents is 1. The fraction of sp³-hybridized carbons (Fsp3) is 0.538. The van der Waals surface area contributed by atoms with Crippen molar-refractivity contribution in [2.45, 2.75) is 25.9 Å². The van der Waals surface area contributed by atoms with E-state index in [1.165, 1.54) is 5.56 Å². The number of ether oxygens (including phenoxy) is 1. The van der Waals surface area contributed by atoms with E-state index < -0.39 is 0 Å². The van der Waals surface area contributed by atoms with Crippen molar-refractivity contribution in [3.8, 4) is 5.75 Å². The number of morpholine rings is 1. The van der Waals surface area contributed by atoms with Crippen molar-refractivity contribution < 1.29 is 9.84 Å². The molecule has 2 rings (SSSR count). The van der Waals surface area contributed by atoms with Gasteiger partial charge in [0.1, 0.15) is 5.75 Å². The number of hydrogen-bond donors (Lipinski definition) is 1. The Morgan fingerprint density at radius 1 is 1.31 bits per heavy atom. The second kappa shape index (κ2) is 4.44. The molecule has 3 nitrogen and oxygen atoms in total. The van der Waals surface area contributed by atoms with Crippen LogP contribution in [-0.4, -0.2) is 35.3 Å². The lowest BCUT2D eigenvalue weighted by molar-refractivity contribution is -0.0552. The van der Waals surface area contributed by atoms with Gasteiger partial charge in [-0.2, -0.15) is 0 Å². The smallest absolute Gasteiger partial charge is 0.115 e. The van der Waals surface area contributed by atoms with Crippen LogP contribution in [0.2, 0.25) is 0 Å². The molecule has 1 fully saturated rings. The van der Waals surface area contributed by atoms with Crippen molar-refractivity contribution in [1.29, 1.82) is 0 Å². The standard InChI is InChI=1S/C13H19NO2/c1-13(2)10-16-8-7-14(13)9-11-3-5-12(15)6-4-11/h3-6,15H,7-10H2,1-2H3. The van der Waals surface area contributed by atoms with E-state index >= 15 is 0 Å². The lowest BCUT2D eigenvalue weighted by atomic mass is 10.0. The molecule has 1 saturated heterocycles. The second-order valence-electron chi connectivity index (χ2n) is 4.95. The first-order valence-electron chi connectivity index (χ1n) is 5.69. The third-order valence-electron chi connectivity index (χ3n) is 3.13. The minimum Gasteiger partial charge on any atom is -0.508 e. The van der Waals surface area contributed by atoms with Gasteiger partial charge in [-0.1, -0.05) is 12.1 Å². The number of aromatic hydroxyl groups is 1. The van der Waals surface area contributed by atoms with Gasteiger partial charge in [-0.05, 0) is 31.5 Å². The van der Waals surface area contributed by atoms with Crippen LogP contribution in [0.4, 0.5) is 0 Å². The molecule has 16 heavy (non-hydrogen) atoms. The molecular formula is C13H19NO2. The zero-order chi connectivity index (χ0) is 11.6. The topological polar surface area (TPSA) is 32.7 Å². The van der Waals surface area contributed by atoms with E-state index in [9.17, 15) is 5.11 Å². The van der Waals surface area contributed by atoms with Gasteiger partial charge in [0, 0.05) is 18.6 Å². The predicted octanol–water partition coefficient (Wildman–Crippen LogP) is 2.00. The van der Waals surface area contributed by atoms with Gasteiger partial charge in [0.25, 0.3) is 0 Å².